The van der Waals surface area contributed by atoms with Gasteiger partial charge in [0.2, 0.25) is 0 Å². The number of hydrogen-bond donors (Lipinski definition) is 2. The lowest BCUT2D eigenvalue weighted by Crippen LogP contribution is -2.36. The first kappa shape index (κ1) is 13.2. The van der Waals surface area contributed by atoms with E-state index in [1.807, 2.05) is 32.3 Å². The summed E-state index contributed by atoms with van der Waals surface area (Å²) in [5.74, 6) is 0. The molecule has 16 heavy (non-hydrogen) atoms. The Balaban J connectivity index is 2.51. The molecule has 0 spiro atoms. The first-order valence-corrected chi connectivity index (χ1v) is 5.73. The van der Waals surface area contributed by atoms with E-state index in [9.17, 15) is 5.11 Å². The summed E-state index contributed by atoms with van der Waals surface area (Å²) in [6, 6.07) is 10.7. The minimum Gasteiger partial charge on any atom is -0.390 e. The van der Waals surface area contributed by atoms with Gasteiger partial charge >= 0.3 is 0 Å². The van der Waals surface area contributed by atoms with Crippen LogP contribution in [-0.2, 0) is 0 Å². The molecule has 3 heteroatoms. The number of likely N-dealkylation sites (N-methyl/N-ethyl adjacent to an activating group) is 2. The number of hydrogen-bond acceptors (Lipinski definition) is 3. The van der Waals surface area contributed by atoms with E-state index in [1.54, 1.807) is 0 Å². The summed E-state index contributed by atoms with van der Waals surface area (Å²) in [4.78, 5) is 2.16. The maximum Gasteiger partial charge on any atom is 0.0791 e. The first-order valence-electron chi connectivity index (χ1n) is 5.73. The molecular formula is C13H22N2O. The minimum absolute atomic E-state index is 0.318. The van der Waals surface area contributed by atoms with Crippen molar-refractivity contribution in [2.75, 3.05) is 27.2 Å². The molecule has 0 aliphatic carbocycles. The van der Waals surface area contributed by atoms with Gasteiger partial charge in [-0.25, -0.2) is 0 Å². The lowest BCUT2D eigenvalue weighted by molar-refractivity contribution is 0.108. The van der Waals surface area contributed by atoms with Crippen LogP contribution in [0.4, 0.5) is 0 Å². The number of nitrogens with zero attached hydrogens (tertiary/aromatic N) is 1. The molecule has 0 amide bonds. The quantitative estimate of drug-likeness (QED) is 0.760. The van der Waals surface area contributed by atoms with Gasteiger partial charge in [0.05, 0.1) is 6.10 Å². The molecule has 0 aliphatic rings. The van der Waals surface area contributed by atoms with Crippen LogP contribution in [0.1, 0.15) is 18.5 Å². The van der Waals surface area contributed by atoms with Gasteiger partial charge in [-0.3, -0.25) is 4.90 Å². The van der Waals surface area contributed by atoms with Crippen molar-refractivity contribution in [3.8, 4) is 0 Å². The van der Waals surface area contributed by atoms with Crippen molar-refractivity contribution in [2.24, 2.45) is 0 Å². The summed E-state index contributed by atoms with van der Waals surface area (Å²) < 4.78 is 0. The zero-order chi connectivity index (χ0) is 12.0. The van der Waals surface area contributed by atoms with Gasteiger partial charge in [-0.2, -0.15) is 0 Å². The number of nitrogens with one attached hydrogen (secondary N) is 1. The van der Waals surface area contributed by atoms with Crippen LogP contribution < -0.4 is 5.32 Å². The van der Waals surface area contributed by atoms with Gasteiger partial charge in [-0.1, -0.05) is 30.3 Å². The molecule has 0 bridgehead atoms. The summed E-state index contributed by atoms with van der Waals surface area (Å²) in [7, 11) is 3.89. The number of benzene rings is 1. The van der Waals surface area contributed by atoms with Crippen molar-refractivity contribution in [1.82, 2.24) is 10.2 Å². The van der Waals surface area contributed by atoms with E-state index in [0.29, 0.717) is 19.1 Å². The monoisotopic (exact) mass is 222 g/mol. The molecular weight excluding hydrogens is 200 g/mol. The van der Waals surface area contributed by atoms with Crippen molar-refractivity contribution < 1.29 is 5.11 Å². The number of rotatable bonds is 6. The summed E-state index contributed by atoms with van der Waals surface area (Å²) >= 11 is 0. The largest absolute Gasteiger partial charge is 0.390 e. The second kappa shape index (κ2) is 6.63. The molecule has 2 N–H and O–H groups in total. The smallest absolute Gasteiger partial charge is 0.0791 e. The first-order chi connectivity index (χ1) is 7.65. The molecule has 0 radical (unpaired) electrons. The Morgan fingerprint density at radius 2 is 1.94 bits per heavy atom. The maximum absolute atomic E-state index is 9.71. The Bertz CT molecular complexity index is 289. The lowest BCUT2D eigenvalue weighted by Gasteiger charge is -2.27. The van der Waals surface area contributed by atoms with E-state index in [0.717, 1.165) is 0 Å². The summed E-state index contributed by atoms with van der Waals surface area (Å²) in [5, 5.41) is 12.7. The highest BCUT2D eigenvalue weighted by Crippen LogP contribution is 2.17. The zero-order valence-corrected chi connectivity index (χ0v) is 10.4. The van der Waals surface area contributed by atoms with E-state index in [-0.39, 0.29) is 6.10 Å². The molecule has 0 heterocycles. The molecule has 1 rings (SSSR count). The van der Waals surface area contributed by atoms with Crippen LogP contribution in [0.5, 0.6) is 0 Å². The van der Waals surface area contributed by atoms with Crippen LogP contribution in [0.15, 0.2) is 30.3 Å². The van der Waals surface area contributed by atoms with E-state index >= 15 is 0 Å². The van der Waals surface area contributed by atoms with Crippen molar-refractivity contribution in [1.29, 1.82) is 0 Å². The summed E-state index contributed by atoms with van der Waals surface area (Å²) in [6.45, 7) is 3.46. The molecule has 1 aromatic carbocycles. The Hall–Kier alpha value is -0.900. The van der Waals surface area contributed by atoms with Crippen molar-refractivity contribution >= 4 is 0 Å². The molecule has 2 atom stereocenters. The average molecular weight is 222 g/mol. The van der Waals surface area contributed by atoms with Gasteiger partial charge in [-0.15, -0.1) is 0 Å². The lowest BCUT2D eigenvalue weighted by atomic mass is 10.1. The second-order valence-electron chi connectivity index (χ2n) is 4.24. The zero-order valence-electron chi connectivity index (χ0n) is 10.4. The van der Waals surface area contributed by atoms with Gasteiger partial charge in [-0.05, 0) is 26.6 Å². The van der Waals surface area contributed by atoms with E-state index < -0.39 is 0 Å². The van der Waals surface area contributed by atoms with Gasteiger partial charge in [0, 0.05) is 19.1 Å². The van der Waals surface area contributed by atoms with Crippen LogP contribution in [-0.4, -0.2) is 43.3 Å². The van der Waals surface area contributed by atoms with Gasteiger partial charge < -0.3 is 10.4 Å². The SMILES string of the molecule is CNCC(O)CN(C)C(C)c1ccccc1. The molecule has 0 fully saturated rings. The predicted molar refractivity (Wildman–Crippen MR) is 67.4 cm³/mol. The second-order valence-corrected chi connectivity index (χ2v) is 4.24. The molecule has 0 saturated heterocycles. The van der Waals surface area contributed by atoms with Gasteiger partial charge in [0.1, 0.15) is 0 Å². The van der Waals surface area contributed by atoms with Gasteiger partial charge in [0.15, 0.2) is 0 Å². The highest BCUT2D eigenvalue weighted by Gasteiger charge is 2.14. The van der Waals surface area contributed by atoms with E-state index in [2.05, 4.69) is 29.3 Å². The topological polar surface area (TPSA) is 35.5 Å². The van der Waals surface area contributed by atoms with Crippen molar-refractivity contribution in [3.63, 3.8) is 0 Å². The maximum atomic E-state index is 9.71. The standard InChI is InChI=1S/C13H22N2O/c1-11(12-7-5-4-6-8-12)15(3)10-13(16)9-14-2/h4-8,11,13-14,16H,9-10H2,1-3H3. The van der Waals surface area contributed by atoms with E-state index in [1.165, 1.54) is 5.56 Å². The minimum atomic E-state index is -0.318. The van der Waals surface area contributed by atoms with Crippen molar-refractivity contribution in [3.05, 3.63) is 35.9 Å². The van der Waals surface area contributed by atoms with E-state index in [4.69, 9.17) is 0 Å². The van der Waals surface area contributed by atoms with Crippen LogP contribution in [0.2, 0.25) is 0 Å². The fourth-order valence-corrected chi connectivity index (χ4v) is 1.78. The third kappa shape index (κ3) is 3.93. The molecule has 90 valence electrons. The normalized spacial score (nSPS) is 15.1. The molecule has 3 nitrogen and oxygen atoms in total. The third-order valence-electron chi connectivity index (χ3n) is 2.88. The molecule has 0 aliphatic heterocycles. The fraction of sp³-hybridized carbons (Fsp3) is 0.538. The Labute approximate surface area is 98.1 Å². The Morgan fingerprint density at radius 3 is 2.50 bits per heavy atom. The Kier molecular flexibility index (Phi) is 5.46. The predicted octanol–water partition coefficient (Wildman–Crippen LogP) is 1.26. The Morgan fingerprint density at radius 1 is 1.31 bits per heavy atom. The summed E-state index contributed by atoms with van der Waals surface area (Å²) in [6.07, 6.45) is -0.318. The third-order valence-corrected chi connectivity index (χ3v) is 2.88. The highest BCUT2D eigenvalue weighted by atomic mass is 16.3. The molecule has 2 unspecified atom stereocenters. The highest BCUT2D eigenvalue weighted by molar-refractivity contribution is 5.18. The molecule has 0 saturated carbocycles. The van der Waals surface area contributed by atoms with Crippen molar-refractivity contribution in [2.45, 2.75) is 19.1 Å². The molecule has 1 aromatic rings. The number of aliphatic hydroxyl groups is 1. The summed E-state index contributed by atoms with van der Waals surface area (Å²) in [5.41, 5.74) is 1.28. The van der Waals surface area contributed by atoms with Crippen LogP contribution in [0.25, 0.3) is 0 Å². The average Bonchev–Trinajstić information content (AvgIpc) is 2.29. The number of aliphatic hydroxyl groups excluding tert-OH is 1. The van der Waals surface area contributed by atoms with Gasteiger partial charge in [0.25, 0.3) is 0 Å². The molecule has 0 aromatic heterocycles. The fourth-order valence-electron chi connectivity index (χ4n) is 1.78. The van der Waals surface area contributed by atoms with Crippen LogP contribution in [0.3, 0.4) is 0 Å². The van der Waals surface area contributed by atoms with Crippen LogP contribution >= 0.6 is 0 Å². The van der Waals surface area contributed by atoms with Crippen LogP contribution in [0, 0.1) is 0 Å².